The molecule has 6 nitrogen and oxygen atoms in total. The highest BCUT2D eigenvalue weighted by Crippen LogP contribution is 2.32. The number of anilines is 1. The summed E-state index contributed by atoms with van der Waals surface area (Å²) in [6.45, 7) is 2.81. The van der Waals surface area contributed by atoms with Crippen molar-refractivity contribution in [2.24, 2.45) is 0 Å². The minimum Gasteiger partial charge on any atom is -0.454 e. The summed E-state index contributed by atoms with van der Waals surface area (Å²) in [6.07, 6.45) is 0.220. The van der Waals surface area contributed by atoms with E-state index < -0.39 is 0 Å². The molecule has 4 rings (SSSR count). The third-order valence-corrected chi connectivity index (χ3v) is 4.55. The summed E-state index contributed by atoms with van der Waals surface area (Å²) in [5.41, 5.74) is 2.76. The van der Waals surface area contributed by atoms with Gasteiger partial charge in [0.15, 0.2) is 17.5 Å². The van der Waals surface area contributed by atoms with Crippen molar-refractivity contribution in [3.05, 3.63) is 53.6 Å². The van der Waals surface area contributed by atoms with Gasteiger partial charge in [-0.3, -0.25) is 9.59 Å². The van der Waals surface area contributed by atoms with Gasteiger partial charge in [-0.05, 0) is 37.3 Å². The first-order valence-electron chi connectivity index (χ1n) is 8.27. The Morgan fingerprint density at radius 1 is 1.08 bits per heavy atom. The minimum atomic E-state index is -0.390. The minimum absolute atomic E-state index is 0.152. The van der Waals surface area contributed by atoms with Crippen LogP contribution in [0, 0.1) is 6.92 Å². The fraction of sp³-hybridized carbons (Fsp3) is 0.263. The van der Waals surface area contributed by atoms with Gasteiger partial charge in [-0.1, -0.05) is 17.7 Å². The molecule has 0 aromatic heterocycles. The van der Waals surface area contributed by atoms with E-state index in [9.17, 15) is 9.59 Å². The van der Waals surface area contributed by atoms with Crippen molar-refractivity contribution in [2.75, 3.05) is 11.7 Å². The van der Waals surface area contributed by atoms with Crippen LogP contribution in [0.5, 0.6) is 11.5 Å². The van der Waals surface area contributed by atoms with Gasteiger partial charge in [0.1, 0.15) is 6.54 Å². The second-order valence-electron chi connectivity index (χ2n) is 6.34. The van der Waals surface area contributed by atoms with Crippen LogP contribution in [-0.4, -0.2) is 24.6 Å². The molecule has 2 aromatic carbocycles. The van der Waals surface area contributed by atoms with Crippen LogP contribution in [-0.2, 0) is 16.1 Å². The molecule has 2 amide bonds. The molecule has 1 fully saturated rings. The molecule has 6 heteroatoms. The van der Waals surface area contributed by atoms with Gasteiger partial charge in [0, 0.05) is 5.56 Å². The number of rotatable bonds is 4. The number of benzene rings is 2. The zero-order chi connectivity index (χ0) is 17.4. The number of hydrogen-bond acceptors (Lipinski definition) is 4. The van der Waals surface area contributed by atoms with Crippen molar-refractivity contribution in [2.45, 2.75) is 25.9 Å². The number of hydrogen-bond donors (Lipinski definition) is 1. The van der Waals surface area contributed by atoms with Crippen LogP contribution in [0.3, 0.4) is 0 Å². The summed E-state index contributed by atoms with van der Waals surface area (Å²) in [7, 11) is 0. The maximum Gasteiger partial charge on any atom is 0.292 e. The highest BCUT2D eigenvalue weighted by Gasteiger charge is 2.42. The number of carbonyl (C=O) groups excluding carboxylic acids is 2. The number of aryl methyl sites for hydroxylation is 1. The molecule has 0 aliphatic carbocycles. The molecule has 2 N–H and O–H groups in total. The summed E-state index contributed by atoms with van der Waals surface area (Å²) < 4.78 is 10.7. The number of fused-ring (bicyclic) bond motifs is 1. The van der Waals surface area contributed by atoms with Crippen LogP contribution in [0.4, 0.5) is 5.69 Å². The first-order chi connectivity index (χ1) is 12.1. The zero-order valence-corrected chi connectivity index (χ0v) is 13.9. The van der Waals surface area contributed by atoms with Crippen molar-refractivity contribution in [1.82, 2.24) is 0 Å². The van der Waals surface area contributed by atoms with Gasteiger partial charge in [0.05, 0.1) is 12.1 Å². The van der Waals surface area contributed by atoms with Crippen LogP contribution in [0.25, 0.3) is 0 Å². The molecule has 1 unspecified atom stereocenters. The highest BCUT2D eigenvalue weighted by atomic mass is 16.7. The van der Waals surface area contributed by atoms with E-state index in [2.05, 4.69) is 0 Å². The topological polar surface area (TPSA) is 72.5 Å². The second-order valence-corrected chi connectivity index (χ2v) is 6.34. The van der Waals surface area contributed by atoms with Crippen molar-refractivity contribution in [3.63, 3.8) is 0 Å². The zero-order valence-electron chi connectivity index (χ0n) is 13.9. The monoisotopic (exact) mass is 339 g/mol. The van der Waals surface area contributed by atoms with E-state index >= 15 is 0 Å². The van der Waals surface area contributed by atoms with Crippen molar-refractivity contribution in [1.29, 1.82) is 0 Å². The van der Waals surface area contributed by atoms with Crippen LogP contribution < -0.4 is 19.7 Å². The SMILES string of the molecule is Cc1ccc(N2C(=O)CC([NH2+]Cc3ccc4c(c3)OCO4)C2=O)cc1. The van der Waals surface area contributed by atoms with Gasteiger partial charge in [-0.2, -0.15) is 0 Å². The second kappa shape index (κ2) is 6.22. The smallest absolute Gasteiger partial charge is 0.292 e. The Morgan fingerprint density at radius 2 is 1.84 bits per heavy atom. The number of carbonyl (C=O) groups is 2. The van der Waals surface area contributed by atoms with Crippen molar-refractivity contribution >= 4 is 17.5 Å². The summed E-state index contributed by atoms with van der Waals surface area (Å²) in [4.78, 5) is 26.2. The molecule has 2 heterocycles. The van der Waals surface area contributed by atoms with Gasteiger partial charge in [0.25, 0.3) is 5.91 Å². The Balaban J connectivity index is 1.44. The molecular formula is C19H19N2O4+. The molecule has 0 saturated carbocycles. The molecule has 1 atom stereocenters. The van der Waals surface area contributed by atoms with E-state index in [1.165, 1.54) is 4.90 Å². The van der Waals surface area contributed by atoms with Crippen LogP contribution in [0.2, 0.25) is 0 Å². The van der Waals surface area contributed by atoms with Gasteiger partial charge >= 0.3 is 0 Å². The number of ether oxygens (including phenoxy) is 2. The summed E-state index contributed by atoms with van der Waals surface area (Å²) >= 11 is 0. The lowest BCUT2D eigenvalue weighted by atomic mass is 10.1. The predicted molar refractivity (Wildman–Crippen MR) is 90.3 cm³/mol. The average molecular weight is 339 g/mol. The molecule has 2 aromatic rings. The van der Waals surface area contributed by atoms with E-state index in [1.54, 1.807) is 0 Å². The maximum atomic E-state index is 12.6. The Kier molecular flexibility index (Phi) is 3.89. The lowest BCUT2D eigenvalue weighted by Gasteiger charge is -2.14. The molecule has 0 spiro atoms. The molecule has 1 saturated heterocycles. The Labute approximate surface area is 145 Å². The normalized spacial score (nSPS) is 18.9. The molecule has 2 aliphatic rings. The molecule has 0 radical (unpaired) electrons. The van der Waals surface area contributed by atoms with Gasteiger partial charge < -0.3 is 14.8 Å². The Hall–Kier alpha value is -2.86. The quantitative estimate of drug-likeness (QED) is 0.848. The third-order valence-electron chi connectivity index (χ3n) is 4.55. The number of quaternary nitrogens is 1. The van der Waals surface area contributed by atoms with E-state index in [-0.39, 0.29) is 31.1 Å². The fourth-order valence-electron chi connectivity index (χ4n) is 3.15. The van der Waals surface area contributed by atoms with Crippen molar-refractivity contribution < 1.29 is 24.4 Å². The molecule has 0 bridgehead atoms. The largest absolute Gasteiger partial charge is 0.454 e. The first kappa shape index (κ1) is 15.7. The molecule has 25 heavy (non-hydrogen) atoms. The number of amides is 2. The van der Waals surface area contributed by atoms with Crippen molar-refractivity contribution in [3.8, 4) is 11.5 Å². The third kappa shape index (κ3) is 2.96. The highest BCUT2D eigenvalue weighted by molar-refractivity contribution is 6.21. The number of nitrogens with zero attached hydrogens (tertiary/aromatic N) is 1. The summed E-state index contributed by atoms with van der Waals surface area (Å²) in [5, 5.41) is 1.91. The fourth-order valence-corrected chi connectivity index (χ4v) is 3.15. The summed E-state index contributed by atoms with van der Waals surface area (Å²) in [5.74, 6) is 1.15. The molecule has 128 valence electrons. The maximum absolute atomic E-state index is 12.6. The Morgan fingerprint density at radius 3 is 2.64 bits per heavy atom. The van der Waals surface area contributed by atoms with Crippen LogP contribution in [0.1, 0.15) is 17.5 Å². The van der Waals surface area contributed by atoms with E-state index in [1.807, 2.05) is 54.7 Å². The van der Waals surface area contributed by atoms with Gasteiger partial charge in [0.2, 0.25) is 12.7 Å². The Bertz CT molecular complexity index is 832. The number of imide groups is 1. The summed E-state index contributed by atoms with van der Waals surface area (Å²) in [6, 6.07) is 12.8. The van der Waals surface area contributed by atoms with Crippen LogP contribution in [0.15, 0.2) is 42.5 Å². The molecular weight excluding hydrogens is 320 g/mol. The van der Waals surface area contributed by atoms with E-state index in [0.29, 0.717) is 12.2 Å². The van der Waals surface area contributed by atoms with Gasteiger partial charge in [-0.25, -0.2) is 4.90 Å². The first-order valence-corrected chi connectivity index (χ1v) is 8.27. The predicted octanol–water partition coefficient (Wildman–Crippen LogP) is 1.12. The lowest BCUT2D eigenvalue weighted by molar-refractivity contribution is -0.690. The average Bonchev–Trinajstić information content (AvgIpc) is 3.18. The van der Waals surface area contributed by atoms with E-state index in [0.717, 1.165) is 22.6 Å². The van der Waals surface area contributed by atoms with Gasteiger partial charge in [-0.15, -0.1) is 0 Å². The molecule has 2 aliphatic heterocycles. The number of nitrogens with two attached hydrogens (primary N) is 1. The van der Waals surface area contributed by atoms with Crippen LogP contribution >= 0.6 is 0 Å². The lowest BCUT2D eigenvalue weighted by Crippen LogP contribution is -2.90. The standard InChI is InChI=1S/C19H18N2O4/c1-12-2-5-14(6-3-12)21-18(22)9-15(19(21)23)20-10-13-4-7-16-17(8-13)25-11-24-16/h2-8,15,20H,9-11H2,1H3/p+1. The van der Waals surface area contributed by atoms with E-state index in [4.69, 9.17) is 9.47 Å².